The smallest absolute Gasteiger partial charge is 0.373 e. The summed E-state index contributed by atoms with van der Waals surface area (Å²) in [6.07, 6.45) is 1.76. The predicted octanol–water partition coefficient (Wildman–Crippen LogP) is 5.52. The molecule has 3 rings (SSSR count). The van der Waals surface area contributed by atoms with Crippen LogP contribution >= 0.6 is 0 Å². The number of ether oxygens (including phenoxy) is 1. The molecular formula is C23H28O4. The number of rotatable bonds is 8. The van der Waals surface area contributed by atoms with Crippen LogP contribution in [-0.2, 0) is 15.2 Å². The first kappa shape index (κ1) is 19.4. The van der Waals surface area contributed by atoms with Crippen molar-refractivity contribution in [2.45, 2.75) is 52.2 Å². The molecule has 0 aliphatic heterocycles. The van der Waals surface area contributed by atoms with Gasteiger partial charge < -0.3 is 4.74 Å². The van der Waals surface area contributed by atoms with E-state index in [9.17, 15) is 4.79 Å². The third-order valence-corrected chi connectivity index (χ3v) is 5.23. The van der Waals surface area contributed by atoms with Crippen LogP contribution in [0.1, 0.15) is 56.5 Å². The second-order valence-electron chi connectivity index (χ2n) is 7.90. The molecule has 27 heavy (non-hydrogen) atoms. The maximum Gasteiger partial charge on any atom is 0.373 e. The summed E-state index contributed by atoms with van der Waals surface area (Å²) < 4.78 is 5.70. The van der Waals surface area contributed by atoms with E-state index in [-0.39, 0.29) is 0 Å². The van der Waals surface area contributed by atoms with Crippen molar-refractivity contribution < 1.29 is 19.3 Å². The summed E-state index contributed by atoms with van der Waals surface area (Å²) in [5.41, 5.74) is 2.13. The van der Waals surface area contributed by atoms with Crippen LogP contribution in [0.25, 0.3) is 0 Å². The van der Waals surface area contributed by atoms with Crippen LogP contribution in [0.5, 0.6) is 5.75 Å². The molecule has 3 atom stereocenters. The average Bonchev–Trinajstić information content (AvgIpc) is 3.30. The zero-order valence-electron chi connectivity index (χ0n) is 16.5. The maximum absolute atomic E-state index is 11.9. The van der Waals surface area contributed by atoms with E-state index in [2.05, 4.69) is 32.9 Å². The molecule has 0 spiro atoms. The molecule has 4 nitrogen and oxygen atoms in total. The Morgan fingerprint density at radius 3 is 2.26 bits per heavy atom. The fourth-order valence-corrected chi connectivity index (χ4v) is 3.83. The van der Waals surface area contributed by atoms with Gasteiger partial charge in [0.2, 0.25) is 6.29 Å². The molecule has 0 N–H and O–H groups in total. The van der Waals surface area contributed by atoms with Crippen molar-refractivity contribution in [3.63, 3.8) is 0 Å². The fraction of sp³-hybridized carbons (Fsp3) is 0.435. The lowest BCUT2D eigenvalue weighted by Gasteiger charge is -2.20. The van der Waals surface area contributed by atoms with E-state index in [4.69, 9.17) is 14.5 Å². The van der Waals surface area contributed by atoms with Gasteiger partial charge >= 0.3 is 5.97 Å². The van der Waals surface area contributed by atoms with Gasteiger partial charge in [-0.2, -0.15) is 0 Å². The zero-order valence-corrected chi connectivity index (χ0v) is 16.5. The molecule has 2 aromatic carbocycles. The number of hydrogen-bond donors (Lipinski definition) is 0. The molecule has 1 fully saturated rings. The summed E-state index contributed by atoms with van der Waals surface area (Å²) in [5.74, 6) is 1.56. The number of carbonyl (C=O) groups excluding carboxylic acids is 1. The third kappa shape index (κ3) is 4.69. The minimum atomic E-state index is -0.701. The van der Waals surface area contributed by atoms with Crippen LogP contribution in [0.3, 0.4) is 0 Å². The first-order chi connectivity index (χ1) is 12.9. The molecule has 0 saturated heterocycles. The maximum atomic E-state index is 11.9. The Labute approximate surface area is 161 Å². The SMILES string of the molecule is CC(C)CC1(c2ccc(OC(C)OOC(=O)c3ccccc3)cc2)CC1C. The van der Waals surface area contributed by atoms with Gasteiger partial charge in [0.15, 0.2) is 0 Å². The van der Waals surface area contributed by atoms with Crippen LogP contribution in [0.15, 0.2) is 54.6 Å². The summed E-state index contributed by atoms with van der Waals surface area (Å²) in [4.78, 5) is 21.8. The van der Waals surface area contributed by atoms with E-state index in [0.717, 1.165) is 5.92 Å². The fourth-order valence-electron chi connectivity index (χ4n) is 3.83. The lowest BCUT2D eigenvalue weighted by molar-refractivity contribution is -0.313. The first-order valence-electron chi connectivity index (χ1n) is 9.60. The van der Waals surface area contributed by atoms with E-state index >= 15 is 0 Å². The molecule has 1 aliphatic rings. The molecular weight excluding hydrogens is 340 g/mol. The van der Waals surface area contributed by atoms with Gasteiger partial charge in [-0.05, 0) is 59.9 Å². The summed E-state index contributed by atoms with van der Waals surface area (Å²) in [5, 5.41) is 0. The number of hydrogen-bond acceptors (Lipinski definition) is 4. The van der Waals surface area contributed by atoms with E-state index in [1.165, 1.54) is 18.4 Å². The van der Waals surface area contributed by atoms with Gasteiger partial charge in [-0.3, -0.25) is 4.89 Å². The molecule has 2 aromatic rings. The topological polar surface area (TPSA) is 44.8 Å². The highest BCUT2D eigenvalue weighted by molar-refractivity contribution is 5.88. The van der Waals surface area contributed by atoms with Gasteiger partial charge in [-0.1, -0.05) is 51.1 Å². The highest BCUT2D eigenvalue weighted by Gasteiger charge is 2.51. The second-order valence-corrected chi connectivity index (χ2v) is 7.90. The van der Waals surface area contributed by atoms with Crippen LogP contribution in [-0.4, -0.2) is 12.3 Å². The average molecular weight is 368 g/mol. The molecule has 0 amide bonds. The van der Waals surface area contributed by atoms with E-state index in [1.54, 1.807) is 31.2 Å². The largest absolute Gasteiger partial charge is 0.461 e. The van der Waals surface area contributed by atoms with Gasteiger partial charge in [-0.15, -0.1) is 4.89 Å². The minimum absolute atomic E-state index is 0.319. The van der Waals surface area contributed by atoms with Crippen LogP contribution in [0.4, 0.5) is 0 Å². The minimum Gasteiger partial charge on any atom is -0.461 e. The number of carbonyl (C=O) groups is 1. The van der Waals surface area contributed by atoms with Crippen molar-refractivity contribution in [2.75, 3.05) is 0 Å². The van der Waals surface area contributed by atoms with Crippen molar-refractivity contribution in [3.8, 4) is 5.75 Å². The summed E-state index contributed by atoms with van der Waals surface area (Å²) >= 11 is 0. The third-order valence-electron chi connectivity index (χ3n) is 5.23. The van der Waals surface area contributed by atoms with Crippen molar-refractivity contribution in [3.05, 3.63) is 65.7 Å². The van der Waals surface area contributed by atoms with E-state index in [0.29, 0.717) is 22.6 Å². The Hall–Kier alpha value is -2.33. The van der Waals surface area contributed by atoms with Crippen molar-refractivity contribution in [2.24, 2.45) is 11.8 Å². The van der Waals surface area contributed by atoms with E-state index in [1.807, 2.05) is 18.2 Å². The summed E-state index contributed by atoms with van der Waals surface area (Å²) in [6.45, 7) is 8.57. The van der Waals surface area contributed by atoms with Crippen molar-refractivity contribution in [1.82, 2.24) is 0 Å². The monoisotopic (exact) mass is 368 g/mol. The van der Waals surface area contributed by atoms with Crippen LogP contribution in [0.2, 0.25) is 0 Å². The molecule has 0 bridgehead atoms. The van der Waals surface area contributed by atoms with Crippen LogP contribution in [0, 0.1) is 11.8 Å². The highest BCUT2D eigenvalue weighted by atomic mass is 17.2. The Bertz CT molecular complexity index is 754. The quantitative estimate of drug-likeness (QED) is 0.349. The standard InChI is InChI=1S/C23H28O4/c1-16(2)14-23(15-17(23)3)20-10-12-21(13-11-20)25-18(4)26-27-22(24)19-8-6-5-7-9-19/h5-13,16-18H,14-15H2,1-4H3. The Kier molecular flexibility index (Phi) is 5.85. The lowest BCUT2D eigenvalue weighted by atomic mass is 9.85. The Morgan fingerprint density at radius 1 is 1.07 bits per heavy atom. The second kappa shape index (κ2) is 8.13. The zero-order chi connectivity index (χ0) is 19.4. The van der Waals surface area contributed by atoms with Crippen LogP contribution < -0.4 is 4.74 Å². The van der Waals surface area contributed by atoms with Gasteiger partial charge in [0, 0.05) is 6.92 Å². The first-order valence-corrected chi connectivity index (χ1v) is 9.60. The molecule has 4 heteroatoms. The molecule has 0 radical (unpaired) electrons. The number of benzene rings is 2. The molecule has 1 aliphatic carbocycles. The van der Waals surface area contributed by atoms with Gasteiger partial charge in [0.05, 0.1) is 5.56 Å². The molecule has 144 valence electrons. The molecule has 1 saturated carbocycles. The van der Waals surface area contributed by atoms with Gasteiger partial charge in [0.1, 0.15) is 5.75 Å². The predicted molar refractivity (Wildman–Crippen MR) is 104 cm³/mol. The Morgan fingerprint density at radius 2 is 1.70 bits per heavy atom. The Balaban J connectivity index is 1.53. The normalized spacial score (nSPS) is 22.3. The molecule has 3 unspecified atom stereocenters. The van der Waals surface area contributed by atoms with Gasteiger partial charge in [-0.25, -0.2) is 4.79 Å². The van der Waals surface area contributed by atoms with Gasteiger partial charge in [0.25, 0.3) is 0 Å². The van der Waals surface area contributed by atoms with Crippen molar-refractivity contribution >= 4 is 5.97 Å². The highest BCUT2D eigenvalue weighted by Crippen LogP contribution is 2.57. The summed E-state index contributed by atoms with van der Waals surface area (Å²) in [6, 6.07) is 16.9. The lowest BCUT2D eigenvalue weighted by Crippen LogP contribution is -2.19. The molecule has 0 aromatic heterocycles. The summed E-state index contributed by atoms with van der Waals surface area (Å²) in [7, 11) is 0. The van der Waals surface area contributed by atoms with E-state index < -0.39 is 12.3 Å². The molecule has 0 heterocycles. The van der Waals surface area contributed by atoms with Crippen molar-refractivity contribution in [1.29, 1.82) is 0 Å².